The highest BCUT2D eigenvalue weighted by molar-refractivity contribution is 6.03. The van der Waals surface area contributed by atoms with E-state index < -0.39 is 0 Å². The van der Waals surface area contributed by atoms with Gasteiger partial charge in [-0.15, -0.1) is 0 Å². The lowest BCUT2D eigenvalue weighted by molar-refractivity contribution is 0.0939. The number of carbonyl (C=O) groups excluding carboxylic acids is 1. The van der Waals surface area contributed by atoms with Crippen LogP contribution in [0.15, 0.2) is 24.3 Å². The molecule has 0 spiro atoms. The van der Waals surface area contributed by atoms with E-state index in [1.807, 2.05) is 18.2 Å². The molecule has 0 amide bonds. The maximum atomic E-state index is 11.9. The van der Waals surface area contributed by atoms with E-state index in [-0.39, 0.29) is 5.41 Å². The summed E-state index contributed by atoms with van der Waals surface area (Å²) in [6.45, 7) is 4.53. The van der Waals surface area contributed by atoms with Crippen LogP contribution in [0.5, 0.6) is 0 Å². The maximum absolute atomic E-state index is 11.9. The van der Waals surface area contributed by atoms with Crippen molar-refractivity contribution in [2.75, 3.05) is 0 Å². The van der Waals surface area contributed by atoms with Gasteiger partial charge in [0.05, 0.1) is 0 Å². The van der Waals surface area contributed by atoms with Gasteiger partial charge in [-0.1, -0.05) is 38.1 Å². The van der Waals surface area contributed by atoms with Gasteiger partial charge in [-0.05, 0) is 23.3 Å². The number of ketones is 1. The Morgan fingerprint density at radius 2 is 2.00 bits per heavy atom. The van der Waals surface area contributed by atoms with Crippen LogP contribution < -0.4 is 0 Å². The van der Waals surface area contributed by atoms with Gasteiger partial charge in [0.25, 0.3) is 0 Å². The highest BCUT2D eigenvalue weighted by Crippen LogP contribution is 2.57. The molecular weight excluding hydrogens is 172 g/mol. The number of benzene rings is 1. The molecule has 72 valence electrons. The Balaban J connectivity index is 2.26. The molecule has 0 radical (unpaired) electrons. The SMILES string of the molecule is CC1(C)c2ccccc2C(=O)C2CC21. The molecule has 0 saturated heterocycles. The fourth-order valence-corrected chi connectivity index (χ4v) is 2.94. The summed E-state index contributed by atoms with van der Waals surface area (Å²) in [5.74, 6) is 1.31. The van der Waals surface area contributed by atoms with Crippen LogP contribution in [-0.2, 0) is 5.41 Å². The molecule has 0 heterocycles. The minimum atomic E-state index is 0.204. The first-order valence-corrected chi connectivity index (χ1v) is 5.26. The average Bonchev–Trinajstić information content (AvgIpc) is 2.95. The van der Waals surface area contributed by atoms with E-state index >= 15 is 0 Å². The third-order valence-corrected chi connectivity index (χ3v) is 3.94. The second-order valence-corrected chi connectivity index (χ2v) is 5.08. The van der Waals surface area contributed by atoms with Gasteiger partial charge in [-0.3, -0.25) is 4.79 Å². The predicted molar refractivity (Wildman–Crippen MR) is 55.4 cm³/mol. The first-order chi connectivity index (χ1) is 6.62. The molecule has 1 saturated carbocycles. The molecule has 2 aliphatic rings. The van der Waals surface area contributed by atoms with Crippen LogP contribution in [0.25, 0.3) is 0 Å². The zero-order chi connectivity index (χ0) is 9.92. The fourth-order valence-electron chi connectivity index (χ4n) is 2.94. The van der Waals surface area contributed by atoms with Gasteiger partial charge in [0.1, 0.15) is 0 Å². The molecule has 14 heavy (non-hydrogen) atoms. The highest BCUT2D eigenvalue weighted by atomic mass is 16.1. The molecule has 2 unspecified atom stereocenters. The first-order valence-electron chi connectivity index (χ1n) is 5.26. The third-order valence-electron chi connectivity index (χ3n) is 3.94. The quantitative estimate of drug-likeness (QED) is 0.609. The fraction of sp³-hybridized carbons (Fsp3) is 0.462. The maximum Gasteiger partial charge on any atom is 0.166 e. The van der Waals surface area contributed by atoms with Gasteiger partial charge >= 0.3 is 0 Å². The summed E-state index contributed by atoms with van der Waals surface area (Å²) in [5.41, 5.74) is 2.43. The van der Waals surface area contributed by atoms with Crippen molar-refractivity contribution in [2.24, 2.45) is 11.8 Å². The molecule has 3 rings (SSSR count). The minimum Gasteiger partial charge on any atom is -0.294 e. The van der Waals surface area contributed by atoms with Crippen molar-refractivity contribution in [3.63, 3.8) is 0 Å². The molecule has 2 atom stereocenters. The number of carbonyl (C=O) groups is 1. The van der Waals surface area contributed by atoms with Crippen molar-refractivity contribution in [1.29, 1.82) is 0 Å². The Kier molecular flexibility index (Phi) is 1.34. The van der Waals surface area contributed by atoms with Crippen LogP contribution in [0.1, 0.15) is 36.2 Å². The molecule has 2 aliphatic carbocycles. The summed E-state index contributed by atoms with van der Waals surface area (Å²) in [4.78, 5) is 11.9. The number of Topliss-reactive ketones (excluding diaryl/α,β-unsaturated/α-hetero) is 1. The summed E-state index contributed by atoms with van der Waals surface area (Å²) in [6.07, 6.45) is 1.10. The zero-order valence-corrected chi connectivity index (χ0v) is 8.58. The van der Waals surface area contributed by atoms with E-state index in [4.69, 9.17) is 0 Å². The Hall–Kier alpha value is -1.11. The van der Waals surface area contributed by atoms with E-state index in [9.17, 15) is 4.79 Å². The minimum absolute atomic E-state index is 0.204. The molecule has 1 fully saturated rings. The summed E-state index contributed by atoms with van der Waals surface area (Å²) in [7, 11) is 0. The first kappa shape index (κ1) is 8.22. The van der Waals surface area contributed by atoms with Crippen LogP contribution in [-0.4, -0.2) is 5.78 Å². The second kappa shape index (κ2) is 2.28. The Morgan fingerprint density at radius 3 is 2.79 bits per heavy atom. The second-order valence-electron chi connectivity index (χ2n) is 5.08. The van der Waals surface area contributed by atoms with E-state index in [0.717, 1.165) is 12.0 Å². The lowest BCUT2D eigenvalue weighted by Crippen LogP contribution is -2.30. The van der Waals surface area contributed by atoms with Gasteiger partial charge in [-0.25, -0.2) is 0 Å². The third kappa shape index (κ3) is 0.827. The van der Waals surface area contributed by atoms with Crippen LogP contribution in [0.3, 0.4) is 0 Å². The van der Waals surface area contributed by atoms with Gasteiger partial charge in [0.2, 0.25) is 0 Å². The smallest absolute Gasteiger partial charge is 0.166 e. The van der Waals surface area contributed by atoms with E-state index in [0.29, 0.717) is 17.6 Å². The summed E-state index contributed by atoms with van der Waals surface area (Å²) in [6, 6.07) is 8.10. The zero-order valence-electron chi connectivity index (χ0n) is 8.58. The molecule has 0 aromatic heterocycles. The van der Waals surface area contributed by atoms with Crippen molar-refractivity contribution in [2.45, 2.75) is 25.7 Å². The molecule has 0 bridgehead atoms. The van der Waals surface area contributed by atoms with Crippen molar-refractivity contribution in [3.8, 4) is 0 Å². The summed E-state index contributed by atoms with van der Waals surface area (Å²) in [5, 5.41) is 0. The van der Waals surface area contributed by atoms with Crippen molar-refractivity contribution in [3.05, 3.63) is 35.4 Å². The topological polar surface area (TPSA) is 17.1 Å². The molecule has 1 aromatic rings. The van der Waals surface area contributed by atoms with Crippen molar-refractivity contribution in [1.82, 2.24) is 0 Å². The van der Waals surface area contributed by atoms with Gasteiger partial charge < -0.3 is 0 Å². The Morgan fingerprint density at radius 1 is 1.29 bits per heavy atom. The highest BCUT2D eigenvalue weighted by Gasteiger charge is 2.56. The largest absolute Gasteiger partial charge is 0.294 e. The molecule has 0 aliphatic heterocycles. The standard InChI is InChI=1S/C13H14O/c1-13(2)10-6-4-3-5-8(10)12(14)9-7-11(9)13/h3-6,9,11H,7H2,1-2H3. The molecular formula is C13H14O. The summed E-state index contributed by atoms with van der Waals surface area (Å²) >= 11 is 0. The van der Waals surface area contributed by atoms with Crippen LogP contribution in [0.2, 0.25) is 0 Å². The van der Waals surface area contributed by atoms with Crippen molar-refractivity contribution < 1.29 is 4.79 Å². The van der Waals surface area contributed by atoms with E-state index in [2.05, 4.69) is 19.9 Å². The molecule has 1 nitrogen and oxygen atoms in total. The molecule has 0 N–H and O–H groups in total. The van der Waals surface area contributed by atoms with E-state index in [1.165, 1.54) is 5.56 Å². The van der Waals surface area contributed by atoms with E-state index in [1.54, 1.807) is 0 Å². The lowest BCUT2D eigenvalue weighted by Gasteiger charge is -2.31. The Bertz CT molecular complexity index is 417. The van der Waals surface area contributed by atoms with Gasteiger partial charge in [0.15, 0.2) is 5.78 Å². The van der Waals surface area contributed by atoms with Crippen LogP contribution >= 0.6 is 0 Å². The van der Waals surface area contributed by atoms with Crippen molar-refractivity contribution >= 4 is 5.78 Å². The predicted octanol–water partition coefficient (Wildman–Crippen LogP) is 2.80. The number of rotatable bonds is 0. The van der Waals surface area contributed by atoms with Crippen LogP contribution in [0.4, 0.5) is 0 Å². The number of fused-ring (bicyclic) bond motifs is 2. The van der Waals surface area contributed by atoms with Crippen LogP contribution in [0, 0.1) is 11.8 Å². The Labute approximate surface area is 84.1 Å². The molecule has 1 heteroatoms. The number of hydrogen-bond donors (Lipinski definition) is 0. The molecule has 1 aromatic carbocycles. The summed E-state index contributed by atoms with van der Waals surface area (Å²) < 4.78 is 0. The number of hydrogen-bond acceptors (Lipinski definition) is 1. The lowest BCUT2D eigenvalue weighted by atomic mass is 9.72. The normalized spacial score (nSPS) is 32.0. The van der Waals surface area contributed by atoms with Gasteiger partial charge in [0, 0.05) is 11.5 Å². The van der Waals surface area contributed by atoms with Gasteiger partial charge in [-0.2, -0.15) is 0 Å². The monoisotopic (exact) mass is 186 g/mol. The average molecular weight is 186 g/mol.